The molecule has 5 nitrogen and oxygen atoms in total. The summed E-state index contributed by atoms with van der Waals surface area (Å²) in [6.07, 6.45) is 0.932. The molecule has 1 heterocycles. The van der Waals surface area contributed by atoms with Crippen molar-refractivity contribution in [2.75, 3.05) is 12.4 Å². The molecule has 3 aromatic rings. The zero-order valence-electron chi connectivity index (χ0n) is 12.0. The molecule has 0 saturated heterocycles. The third-order valence-corrected chi connectivity index (χ3v) is 3.98. The fraction of sp³-hybridized carbons (Fsp3) is 0.188. The number of benzene rings is 2. The molecule has 0 radical (unpaired) electrons. The number of hydrogen-bond acceptors (Lipinski definition) is 5. The molecule has 0 aliphatic rings. The summed E-state index contributed by atoms with van der Waals surface area (Å²) in [5, 5.41) is 12.7. The van der Waals surface area contributed by atoms with Gasteiger partial charge in [0, 0.05) is 5.75 Å². The average molecular weight is 312 g/mol. The molecule has 0 aliphatic heterocycles. The molecule has 0 atom stereocenters. The van der Waals surface area contributed by atoms with Crippen LogP contribution in [-0.2, 0) is 0 Å². The van der Waals surface area contributed by atoms with Crippen LogP contribution >= 0.6 is 11.8 Å². The molecule has 0 amide bonds. The Morgan fingerprint density at radius 3 is 2.45 bits per heavy atom. The van der Waals surface area contributed by atoms with Gasteiger partial charge in [0.25, 0.3) is 0 Å². The minimum atomic E-state index is 0.684. The molecule has 6 heteroatoms. The number of aromatic nitrogens is 4. The first-order valence-electron chi connectivity index (χ1n) is 7.08. The SMILES string of the molecule is c1ccc(OCCCSc2nnnn2-c2ccccc2)cc1. The Morgan fingerprint density at radius 1 is 0.955 bits per heavy atom. The van der Waals surface area contributed by atoms with Crippen molar-refractivity contribution < 1.29 is 4.74 Å². The molecule has 0 N–H and O–H groups in total. The number of rotatable bonds is 7. The molecule has 3 rings (SSSR count). The van der Waals surface area contributed by atoms with Crippen LogP contribution in [0.4, 0.5) is 0 Å². The molecule has 0 spiro atoms. The molecular formula is C16H16N4OS. The largest absolute Gasteiger partial charge is 0.494 e. The Labute approximate surface area is 133 Å². The second kappa shape index (κ2) is 7.61. The minimum Gasteiger partial charge on any atom is -0.494 e. The van der Waals surface area contributed by atoms with Gasteiger partial charge >= 0.3 is 0 Å². The van der Waals surface area contributed by atoms with Crippen LogP contribution in [0.5, 0.6) is 5.75 Å². The third-order valence-electron chi connectivity index (χ3n) is 2.97. The fourth-order valence-electron chi connectivity index (χ4n) is 1.93. The average Bonchev–Trinajstić information content (AvgIpc) is 3.05. The summed E-state index contributed by atoms with van der Waals surface area (Å²) in [5.74, 6) is 1.81. The molecule has 0 saturated carbocycles. The van der Waals surface area contributed by atoms with Gasteiger partial charge in [-0.15, -0.1) is 5.10 Å². The summed E-state index contributed by atoms with van der Waals surface area (Å²) < 4.78 is 7.42. The number of ether oxygens (including phenoxy) is 1. The summed E-state index contributed by atoms with van der Waals surface area (Å²) in [5.41, 5.74) is 0.968. The zero-order valence-corrected chi connectivity index (χ0v) is 12.8. The third kappa shape index (κ3) is 3.85. The van der Waals surface area contributed by atoms with Gasteiger partial charge in [-0.25, -0.2) is 0 Å². The van der Waals surface area contributed by atoms with Gasteiger partial charge in [0.1, 0.15) is 5.75 Å². The van der Waals surface area contributed by atoms with E-state index in [1.165, 1.54) is 0 Å². The molecule has 0 aliphatic carbocycles. The van der Waals surface area contributed by atoms with E-state index in [-0.39, 0.29) is 0 Å². The van der Waals surface area contributed by atoms with Crippen LogP contribution in [0.1, 0.15) is 6.42 Å². The van der Waals surface area contributed by atoms with Crippen molar-refractivity contribution in [1.29, 1.82) is 0 Å². The molecule has 22 heavy (non-hydrogen) atoms. The van der Waals surface area contributed by atoms with Crippen LogP contribution in [-0.4, -0.2) is 32.6 Å². The van der Waals surface area contributed by atoms with Gasteiger partial charge in [0.2, 0.25) is 5.16 Å². The van der Waals surface area contributed by atoms with Crippen LogP contribution < -0.4 is 4.74 Å². The summed E-state index contributed by atoms with van der Waals surface area (Å²) in [7, 11) is 0. The monoisotopic (exact) mass is 312 g/mol. The maximum atomic E-state index is 5.67. The van der Waals surface area contributed by atoms with E-state index in [1.54, 1.807) is 16.4 Å². The summed E-state index contributed by atoms with van der Waals surface area (Å²) in [4.78, 5) is 0. The van der Waals surface area contributed by atoms with E-state index in [2.05, 4.69) is 15.5 Å². The van der Waals surface area contributed by atoms with Crippen LogP contribution in [0.3, 0.4) is 0 Å². The minimum absolute atomic E-state index is 0.684. The summed E-state index contributed by atoms with van der Waals surface area (Å²) >= 11 is 1.63. The number of hydrogen-bond donors (Lipinski definition) is 0. The lowest BCUT2D eigenvalue weighted by atomic mass is 10.3. The topological polar surface area (TPSA) is 52.8 Å². The highest BCUT2D eigenvalue weighted by Crippen LogP contribution is 2.18. The highest BCUT2D eigenvalue weighted by Gasteiger charge is 2.08. The molecule has 1 aromatic heterocycles. The molecule has 2 aromatic carbocycles. The van der Waals surface area contributed by atoms with Gasteiger partial charge in [-0.1, -0.05) is 48.2 Å². The van der Waals surface area contributed by atoms with Crippen molar-refractivity contribution in [2.24, 2.45) is 0 Å². The maximum absolute atomic E-state index is 5.67. The second-order valence-electron chi connectivity index (χ2n) is 4.57. The fourth-order valence-corrected chi connectivity index (χ4v) is 2.73. The van der Waals surface area contributed by atoms with Crippen molar-refractivity contribution in [1.82, 2.24) is 20.2 Å². The Balaban J connectivity index is 1.48. The summed E-state index contributed by atoms with van der Waals surface area (Å²) in [6, 6.07) is 19.7. The quantitative estimate of drug-likeness (QED) is 0.495. The Bertz CT molecular complexity index is 688. The van der Waals surface area contributed by atoms with E-state index in [9.17, 15) is 0 Å². The Hall–Kier alpha value is -2.34. The predicted molar refractivity (Wildman–Crippen MR) is 86.4 cm³/mol. The standard InChI is InChI=1S/C16H16N4OS/c1-3-8-14(9-4-1)20-16(17-18-19-20)22-13-7-12-21-15-10-5-2-6-11-15/h1-6,8-11H,7,12-13H2. The van der Waals surface area contributed by atoms with Crippen LogP contribution in [0.25, 0.3) is 5.69 Å². The molecule has 112 valence electrons. The lowest BCUT2D eigenvalue weighted by Crippen LogP contribution is -2.01. The van der Waals surface area contributed by atoms with E-state index in [0.717, 1.165) is 28.8 Å². The van der Waals surface area contributed by atoms with Crippen LogP contribution in [0.15, 0.2) is 65.8 Å². The number of nitrogens with zero attached hydrogens (tertiary/aromatic N) is 4. The Morgan fingerprint density at radius 2 is 1.68 bits per heavy atom. The van der Waals surface area contributed by atoms with Gasteiger partial charge in [-0.3, -0.25) is 0 Å². The van der Waals surface area contributed by atoms with E-state index < -0.39 is 0 Å². The van der Waals surface area contributed by atoms with Crippen molar-refractivity contribution >= 4 is 11.8 Å². The Kier molecular flexibility index (Phi) is 5.04. The van der Waals surface area contributed by atoms with Crippen LogP contribution in [0.2, 0.25) is 0 Å². The highest BCUT2D eigenvalue weighted by molar-refractivity contribution is 7.99. The van der Waals surface area contributed by atoms with Crippen molar-refractivity contribution in [2.45, 2.75) is 11.6 Å². The van der Waals surface area contributed by atoms with Gasteiger partial charge in [0.15, 0.2) is 0 Å². The van der Waals surface area contributed by atoms with Gasteiger partial charge < -0.3 is 4.74 Å². The van der Waals surface area contributed by atoms with Crippen molar-refractivity contribution in [3.63, 3.8) is 0 Å². The number of thioether (sulfide) groups is 1. The summed E-state index contributed by atoms with van der Waals surface area (Å²) in [6.45, 7) is 0.684. The van der Waals surface area contributed by atoms with Gasteiger partial charge in [0.05, 0.1) is 12.3 Å². The lowest BCUT2D eigenvalue weighted by Gasteiger charge is -2.06. The lowest BCUT2D eigenvalue weighted by molar-refractivity contribution is 0.318. The van der Waals surface area contributed by atoms with Crippen molar-refractivity contribution in [3.8, 4) is 11.4 Å². The van der Waals surface area contributed by atoms with E-state index in [1.807, 2.05) is 60.7 Å². The predicted octanol–water partition coefficient (Wildman–Crippen LogP) is 3.22. The number of tetrazole rings is 1. The van der Waals surface area contributed by atoms with Gasteiger partial charge in [-0.05, 0) is 41.1 Å². The highest BCUT2D eigenvalue weighted by atomic mass is 32.2. The van der Waals surface area contributed by atoms with Gasteiger partial charge in [-0.2, -0.15) is 4.68 Å². The van der Waals surface area contributed by atoms with Crippen molar-refractivity contribution in [3.05, 3.63) is 60.7 Å². The molecule has 0 fully saturated rings. The normalized spacial score (nSPS) is 10.5. The maximum Gasteiger partial charge on any atom is 0.214 e. The smallest absolute Gasteiger partial charge is 0.214 e. The molecule has 0 unspecified atom stereocenters. The first-order chi connectivity index (χ1) is 10.9. The first kappa shape index (κ1) is 14.6. The second-order valence-corrected chi connectivity index (χ2v) is 5.63. The zero-order chi connectivity index (χ0) is 15.0. The van der Waals surface area contributed by atoms with Crippen LogP contribution in [0, 0.1) is 0 Å². The molecular weight excluding hydrogens is 296 g/mol. The van der Waals surface area contributed by atoms with E-state index in [4.69, 9.17) is 4.74 Å². The van der Waals surface area contributed by atoms with E-state index in [0.29, 0.717) is 6.61 Å². The number of para-hydroxylation sites is 2. The van der Waals surface area contributed by atoms with E-state index >= 15 is 0 Å². The first-order valence-corrected chi connectivity index (χ1v) is 8.06. The molecule has 0 bridgehead atoms.